The highest BCUT2D eigenvalue weighted by molar-refractivity contribution is 5.79. The topological polar surface area (TPSA) is 73.4 Å². The van der Waals surface area contributed by atoms with Gasteiger partial charge < -0.3 is 9.80 Å². The van der Waals surface area contributed by atoms with E-state index in [1.165, 1.54) is 12.1 Å². The van der Waals surface area contributed by atoms with Crippen molar-refractivity contribution in [2.75, 3.05) is 28.2 Å². The summed E-state index contributed by atoms with van der Waals surface area (Å²) in [6.07, 6.45) is 0. The fourth-order valence-corrected chi connectivity index (χ4v) is 1.84. The second kappa shape index (κ2) is 5.87. The summed E-state index contributed by atoms with van der Waals surface area (Å²) in [4.78, 5) is 13.8. The molecule has 0 radical (unpaired) electrons. The maximum absolute atomic E-state index is 10.6. The number of non-ortho nitro benzene ring substituents is 1. The van der Waals surface area contributed by atoms with Crippen LogP contribution in [0.3, 0.4) is 0 Å². The van der Waals surface area contributed by atoms with Crippen molar-refractivity contribution in [2.24, 2.45) is 0 Å². The third-order valence-electron chi connectivity index (χ3n) is 2.55. The molecule has 0 aliphatic heterocycles. The molecular formula is C13H16N4O2. The van der Waals surface area contributed by atoms with E-state index in [1.54, 1.807) is 12.1 Å². The number of nitro benzene ring substituents is 1. The molecule has 0 saturated heterocycles. The van der Waals surface area contributed by atoms with Crippen LogP contribution in [0.4, 0.5) is 5.69 Å². The first-order valence-electron chi connectivity index (χ1n) is 5.62. The van der Waals surface area contributed by atoms with Crippen molar-refractivity contribution in [3.8, 4) is 6.07 Å². The van der Waals surface area contributed by atoms with Gasteiger partial charge >= 0.3 is 0 Å². The number of rotatable bonds is 4. The lowest BCUT2D eigenvalue weighted by Gasteiger charge is -2.26. The minimum atomic E-state index is -0.460. The van der Waals surface area contributed by atoms with Gasteiger partial charge in [-0.3, -0.25) is 10.1 Å². The monoisotopic (exact) mass is 260 g/mol. The summed E-state index contributed by atoms with van der Waals surface area (Å²) in [5.41, 5.74) is 1.15. The number of nitro groups is 1. The summed E-state index contributed by atoms with van der Waals surface area (Å²) >= 11 is 0. The molecule has 0 atom stereocenters. The van der Waals surface area contributed by atoms with Gasteiger partial charge in [-0.15, -0.1) is 0 Å². The minimum Gasteiger partial charge on any atom is -0.363 e. The molecule has 0 N–H and O–H groups in total. The van der Waals surface area contributed by atoms with Gasteiger partial charge in [0, 0.05) is 40.3 Å². The second-order valence-corrected chi connectivity index (χ2v) is 4.40. The van der Waals surface area contributed by atoms with E-state index >= 15 is 0 Å². The van der Waals surface area contributed by atoms with E-state index in [0.29, 0.717) is 11.1 Å². The summed E-state index contributed by atoms with van der Waals surface area (Å²) in [5.74, 6) is 0.747. The van der Waals surface area contributed by atoms with Crippen LogP contribution in [0.1, 0.15) is 5.56 Å². The molecule has 0 fully saturated rings. The van der Waals surface area contributed by atoms with Crippen molar-refractivity contribution in [3.05, 3.63) is 45.8 Å². The van der Waals surface area contributed by atoms with Crippen LogP contribution in [0.15, 0.2) is 30.1 Å². The van der Waals surface area contributed by atoms with Crippen LogP contribution in [0.2, 0.25) is 0 Å². The zero-order valence-corrected chi connectivity index (χ0v) is 11.4. The summed E-state index contributed by atoms with van der Waals surface area (Å²) < 4.78 is 0. The molecular weight excluding hydrogens is 244 g/mol. The lowest BCUT2D eigenvalue weighted by atomic mass is 10.1. The van der Waals surface area contributed by atoms with Crippen LogP contribution < -0.4 is 0 Å². The first-order chi connectivity index (χ1) is 8.88. The van der Waals surface area contributed by atoms with Crippen LogP contribution >= 0.6 is 0 Å². The largest absolute Gasteiger partial charge is 0.363 e. The molecule has 0 saturated carbocycles. The third kappa shape index (κ3) is 3.22. The zero-order valence-electron chi connectivity index (χ0n) is 11.4. The van der Waals surface area contributed by atoms with Crippen molar-refractivity contribution >= 4 is 11.3 Å². The van der Waals surface area contributed by atoms with Crippen LogP contribution in [0.5, 0.6) is 0 Å². The van der Waals surface area contributed by atoms with Crippen LogP contribution in [0.25, 0.3) is 5.57 Å². The van der Waals surface area contributed by atoms with Gasteiger partial charge in [-0.25, -0.2) is 0 Å². The Morgan fingerprint density at radius 2 is 1.63 bits per heavy atom. The van der Waals surface area contributed by atoms with Crippen LogP contribution in [-0.2, 0) is 0 Å². The van der Waals surface area contributed by atoms with Gasteiger partial charge in [0.15, 0.2) is 0 Å². The molecule has 0 unspecified atom stereocenters. The van der Waals surface area contributed by atoms with Gasteiger partial charge in [0.25, 0.3) is 5.69 Å². The Morgan fingerprint density at radius 1 is 1.16 bits per heavy atom. The summed E-state index contributed by atoms with van der Waals surface area (Å²) in [7, 11) is 7.38. The van der Waals surface area contributed by atoms with E-state index < -0.39 is 4.92 Å². The van der Waals surface area contributed by atoms with Gasteiger partial charge in [-0.05, 0) is 17.7 Å². The Hall–Kier alpha value is -2.55. The maximum Gasteiger partial charge on any atom is 0.269 e. The summed E-state index contributed by atoms with van der Waals surface area (Å²) in [6, 6.07) is 8.13. The molecule has 0 heterocycles. The number of hydrogen-bond donors (Lipinski definition) is 0. The first-order valence-corrected chi connectivity index (χ1v) is 5.62. The Morgan fingerprint density at radius 3 is 1.95 bits per heavy atom. The SMILES string of the molecule is CN(C)C(=C(C#N)c1ccc([N+](=O)[O-])cc1)N(C)C. The molecule has 0 bridgehead atoms. The van der Waals surface area contributed by atoms with Crippen molar-refractivity contribution in [1.82, 2.24) is 9.80 Å². The highest BCUT2D eigenvalue weighted by Gasteiger charge is 2.14. The van der Waals surface area contributed by atoms with E-state index in [4.69, 9.17) is 0 Å². The molecule has 1 aromatic rings. The smallest absolute Gasteiger partial charge is 0.269 e. The fraction of sp³-hybridized carbons (Fsp3) is 0.308. The number of hydrogen-bond acceptors (Lipinski definition) is 5. The number of nitrogens with zero attached hydrogens (tertiary/aromatic N) is 4. The second-order valence-electron chi connectivity index (χ2n) is 4.40. The van der Waals surface area contributed by atoms with Gasteiger partial charge in [-0.2, -0.15) is 5.26 Å². The average molecular weight is 260 g/mol. The lowest BCUT2D eigenvalue weighted by molar-refractivity contribution is -0.384. The van der Waals surface area contributed by atoms with Gasteiger partial charge in [0.1, 0.15) is 11.9 Å². The van der Waals surface area contributed by atoms with E-state index in [0.717, 1.165) is 5.82 Å². The van der Waals surface area contributed by atoms with Gasteiger partial charge in [0.2, 0.25) is 0 Å². The Labute approximate surface area is 112 Å². The van der Waals surface area contributed by atoms with E-state index in [1.807, 2.05) is 38.0 Å². The number of allylic oxidation sites excluding steroid dienone is 1. The minimum absolute atomic E-state index is 0.0114. The van der Waals surface area contributed by atoms with E-state index in [2.05, 4.69) is 6.07 Å². The predicted molar refractivity (Wildman–Crippen MR) is 73.0 cm³/mol. The van der Waals surface area contributed by atoms with E-state index in [9.17, 15) is 15.4 Å². The molecule has 0 spiro atoms. The predicted octanol–water partition coefficient (Wildman–Crippen LogP) is 1.91. The standard InChI is InChI=1S/C13H16N4O2/c1-15(2)13(16(3)4)12(9-14)10-5-7-11(8-6-10)17(18)19/h5-8H,1-4H3. The quantitative estimate of drug-likeness (QED) is 0.469. The summed E-state index contributed by atoms with van der Waals surface area (Å²) in [6.45, 7) is 0. The highest BCUT2D eigenvalue weighted by atomic mass is 16.6. The number of benzene rings is 1. The Balaban J connectivity index is 3.34. The third-order valence-corrected chi connectivity index (χ3v) is 2.55. The molecule has 100 valence electrons. The Kier molecular flexibility index (Phi) is 4.48. The summed E-state index contributed by atoms with van der Waals surface area (Å²) in [5, 5.41) is 19.9. The fourth-order valence-electron chi connectivity index (χ4n) is 1.84. The van der Waals surface area contributed by atoms with Crippen molar-refractivity contribution in [2.45, 2.75) is 0 Å². The number of nitriles is 1. The maximum atomic E-state index is 10.6. The van der Waals surface area contributed by atoms with Crippen LogP contribution in [0, 0.1) is 21.4 Å². The lowest BCUT2D eigenvalue weighted by Crippen LogP contribution is -2.26. The Bertz CT molecular complexity index is 529. The van der Waals surface area contributed by atoms with E-state index in [-0.39, 0.29) is 5.69 Å². The molecule has 19 heavy (non-hydrogen) atoms. The molecule has 0 aliphatic rings. The molecule has 1 rings (SSSR count). The highest BCUT2D eigenvalue weighted by Crippen LogP contribution is 2.23. The normalized spacial score (nSPS) is 9.42. The van der Waals surface area contributed by atoms with Crippen molar-refractivity contribution in [3.63, 3.8) is 0 Å². The van der Waals surface area contributed by atoms with Crippen molar-refractivity contribution < 1.29 is 4.92 Å². The van der Waals surface area contributed by atoms with Crippen LogP contribution in [-0.4, -0.2) is 42.9 Å². The van der Waals surface area contributed by atoms with Crippen molar-refractivity contribution in [1.29, 1.82) is 5.26 Å². The van der Waals surface area contributed by atoms with Gasteiger partial charge in [0.05, 0.1) is 10.5 Å². The molecule has 1 aromatic carbocycles. The van der Waals surface area contributed by atoms with Gasteiger partial charge in [-0.1, -0.05) is 0 Å². The molecule has 0 amide bonds. The zero-order chi connectivity index (χ0) is 14.6. The average Bonchev–Trinajstić information content (AvgIpc) is 2.34. The molecule has 0 aliphatic carbocycles. The molecule has 0 aromatic heterocycles. The molecule has 6 heteroatoms. The first kappa shape index (κ1) is 14.5. The molecule has 6 nitrogen and oxygen atoms in total.